The van der Waals surface area contributed by atoms with Crippen LogP contribution in [0.3, 0.4) is 0 Å². The summed E-state index contributed by atoms with van der Waals surface area (Å²) in [5, 5.41) is 8.46. The molecule has 3 aromatic rings. The van der Waals surface area contributed by atoms with Crippen LogP contribution in [-0.2, 0) is 6.54 Å². The van der Waals surface area contributed by atoms with Crippen LogP contribution in [-0.4, -0.2) is 24.4 Å². The zero-order valence-electron chi connectivity index (χ0n) is 12.3. The van der Waals surface area contributed by atoms with Gasteiger partial charge in [0.05, 0.1) is 21.6 Å². The quantitative estimate of drug-likeness (QED) is 0.702. The van der Waals surface area contributed by atoms with E-state index in [0.717, 1.165) is 11.3 Å². The Balaban J connectivity index is 2.30. The second kappa shape index (κ2) is 5.42. The molecule has 0 fully saturated rings. The summed E-state index contributed by atoms with van der Waals surface area (Å²) in [7, 11) is 0. The molecule has 0 spiro atoms. The van der Waals surface area contributed by atoms with Crippen molar-refractivity contribution in [3.8, 4) is 11.3 Å². The Morgan fingerprint density at radius 2 is 1.95 bits per heavy atom. The number of aryl methyl sites for hydroxylation is 3. The van der Waals surface area contributed by atoms with E-state index in [1.165, 1.54) is 10.6 Å². The molecule has 0 saturated heterocycles. The van der Waals surface area contributed by atoms with Crippen molar-refractivity contribution < 1.29 is 8.78 Å². The molecule has 0 amide bonds. The first-order chi connectivity index (χ1) is 10.4. The van der Waals surface area contributed by atoms with Crippen molar-refractivity contribution in [3.05, 3.63) is 33.8 Å². The Bertz CT molecular complexity index is 853. The van der Waals surface area contributed by atoms with Gasteiger partial charge in [0.1, 0.15) is 5.69 Å². The van der Waals surface area contributed by atoms with E-state index >= 15 is 0 Å². The molecular formula is C14H14BrF2N5. The first kappa shape index (κ1) is 15.1. The minimum atomic E-state index is -2.64. The third kappa shape index (κ3) is 2.31. The topological polar surface area (TPSA) is 48.0 Å². The van der Waals surface area contributed by atoms with Crippen LogP contribution in [0.1, 0.15) is 30.4 Å². The van der Waals surface area contributed by atoms with E-state index < -0.39 is 6.43 Å². The van der Waals surface area contributed by atoms with Crippen molar-refractivity contribution in [2.75, 3.05) is 0 Å². The number of nitrogens with zero attached hydrogens (tertiary/aromatic N) is 5. The zero-order chi connectivity index (χ0) is 16.0. The lowest BCUT2D eigenvalue weighted by molar-refractivity contribution is 0.143. The standard InChI is InChI=1S/C14H14BrF2N5/c1-4-21-6-9(7(2)19-21)10-5-11(13(16)17)22-14(18-10)12(15)8(3)20-22/h5-6,13H,4H2,1-3H3. The average Bonchev–Trinajstić information content (AvgIpc) is 2.99. The highest BCUT2D eigenvalue weighted by Crippen LogP contribution is 2.30. The fourth-order valence-electron chi connectivity index (χ4n) is 2.34. The monoisotopic (exact) mass is 369 g/mol. The third-order valence-corrected chi connectivity index (χ3v) is 4.42. The molecule has 0 N–H and O–H groups in total. The molecule has 0 aliphatic rings. The number of aromatic nitrogens is 5. The van der Waals surface area contributed by atoms with Gasteiger partial charge in [0.25, 0.3) is 6.43 Å². The fourth-order valence-corrected chi connectivity index (χ4v) is 2.68. The van der Waals surface area contributed by atoms with Gasteiger partial charge in [-0.25, -0.2) is 18.3 Å². The average molecular weight is 370 g/mol. The first-order valence-electron chi connectivity index (χ1n) is 6.80. The summed E-state index contributed by atoms with van der Waals surface area (Å²) in [6.45, 7) is 6.26. The van der Waals surface area contributed by atoms with Crippen molar-refractivity contribution in [2.45, 2.75) is 33.7 Å². The van der Waals surface area contributed by atoms with Gasteiger partial charge in [0, 0.05) is 18.3 Å². The van der Waals surface area contributed by atoms with Gasteiger partial charge in [0.2, 0.25) is 0 Å². The summed E-state index contributed by atoms with van der Waals surface area (Å²) in [6, 6.07) is 1.38. The molecular weight excluding hydrogens is 356 g/mol. The Labute approximate surface area is 134 Å². The van der Waals surface area contributed by atoms with Gasteiger partial charge in [-0.15, -0.1) is 0 Å². The van der Waals surface area contributed by atoms with Crippen molar-refractivity contribution >= 4 is 21.6 Å². The summed E-state index contributed by atoms with van der Waals surface area (Å²) < 4.78 is 30.3. The molecule has 0 unspecified atom stereocenters. The van der Waals surface area contributed by atoms with Crippen LogP contribution in [0, 0.1) is 13.8 Å². The normalized spacial score (nSPS) is 11.8. The van der Waals surface area contributed by atoms with Gasteiger partial charge in [-0.05, 0) is 42.8 Å². The molecule has 3 rings (SSSR count). The molecule has 0 atom stereocenters. The van der Waals surface area contributed by atoms with Crippen LogP contribution in [0.15, 0.2) is 16.7 Å². The smallest absolute Gasteiger partial charge is 0.272 e. The minimum absolute atomic E-state index is 0.183. The number of halogens is 3. The molecule has 0 aromatic carbocycles. The predicted octanol–water partition coefficient (Wildman–Crippen LogP) is 3.93. The number of hydrogen-bond acceptors (Lipinski definition) is 3. The Morgan fingerprint density at radius 1 is 1.23 bits per heavy atom. The van der Waals surface area contributed by atoms with E-state index in [-0.39, 0.29) is 5.69 Å². The summed E-state index contributed by atoms with van der Waals surface area (Å²) >= 11 is 3.37. The summed E-state index contributed by atoms with van der Waals surface area (Å²) in [5.74, 6) is 0. The highest BCUT2D eigenvalue weighted by atomic mass is 79.9. The van der Waals surface area contributed by atoms with Crippen LogP contribution in [0.25, 0.3) is 16.9 Å². The molecule has 0 radical (unpaired) electrons. The highest BCUT2D eigenvalue weighted by Gasteiger charge is 2.20. The molecule has 0 aliphatic carbocycles. The third-order valence-electron chi connectivity index (χ3n) is 3.49. The molecule has 0 bridgehead atoms. The Kier molecular flexibility index (Phi) is 3.72. The summed E-state index contributed by atoms with van der Waals surface area (Å²) in [5.41, 5.74) is 2.79. The molecule has 116 valence electrons. The van der Waals surface area contributed by atoms with Crippen LogP contribution >= 0.6 is 15.9 Å². The predicted molar refractivity (Wildman–Crippen MR) is 82.0 cm³/mol. The van der Waals surface area contributed by atoms with Gasteiger partial charge in [-0.1, -0.05) is 0 Å². The van der Waals surface area contributed by atoms with Crippen LogP contribution in [0.4, 0.5) is 8.78 Å². The Hall–Kier alpha value is -1.83. The van der Waals surface area contributed by atoms with E-state index in [4.69, 9.17) is 0 Å². The van der Waals surface area contributed by atoms with Crippen molar-refractivity contribution in [3.63, 3.8) is 0 Å². The maximum absolute atomic E-state index is 13.4. The summed E-state index contributed by atoms with van der Waals surface area (Å²) in [4.78, 5) is 4.48. The fraction of sp³-hybridized carbons (Fsp3) is 0.357. The van der Waals surface area contributed by atoms with E-state index in [2.05, 4.69) is 31.1 Å². The Morgan fingerprint density at radius 3 is 2.55 bits per heavy atom. The molecule has 3 aromatic heterocycles. The number of fused-ring (bicyclic) bond motifs is 1. The van der Waals surface area contributed by atoms with E-state index in [1.54, 1.807) is 11.6 Å². The lowest BCUT2D eigenvalue weighted by atomic mass is 10.1. The molecule has 3 heterocycles. The van der Waals surface area contributed by atoms with Crippen LogP contribution in [0.5, 0.6) is 0 Å². The van der Waals surface area contributed by atoms with Gasteiger partial charge < -0.3 is 0 Å². The van der Waals surface area contributed by atoms with Gasteiger partial charge in [-0.3, -0.25) is 4.68 Å². The summed E-state index contributed by atoms with van der Waals surface area (Å²) in [6.07, 6.45) is -0.822. The van der Waals surface area contributed by atoms with Gasteiger partial charge >= 0.3 is 0 Å². The van der Waals surface area contributed by atoms with Crippen LogP contribution < -0.4 is 0 Å². The SMILES string of the molecule is CCn1cc(-c2cc(C(F)F)n3nc(C)c(Br)c3n2)c(C)n1. The van der Waals surface area contributed by atoms with E-state index in [0.29, 0.717) is 28.1 Å². The van der Waals surface area contributed by atoms with Gasteiger partial charge in [0.15, 0.2) is 5.65 Å². The van der Waals surface area contributed by atoms with Gasteiger partial charge in [-0.2, -0.15) is 10.2 Å². The second-order valence-electron chi connectivity index (χ2n) is 4.99. The van der Waals surface area contributed by atoms with E-state index in [9.17, 15) is 8.78 Å². The minimum Gasteiger partial charge on any atom is -0.272 e. The zero-order valence-corrected chi connectivity index (χ0v) is 13.9. The van der Waals surface area contributed by atoms with Crippen molar-refractivity contribution in [1.82, 2.24) is 24.4 Å². The largest absolute Gasteiger partial charge is 0.280 e. The molecule has 8 heteroatoms. The lowest BCUT2D eigenvalue weighted by Crippen LogP contribution is -2.02. The number of hydrogen-bond donors (Lipinski definition) is 0. The van der Waals surface area contributed by atoms with Crippen molar-refractivity contribution in [2.24, 2.45) is 0 Å². The highest BCUT2D eigenvalue weighted by molar-refractivity contribution is 9.10. The van der Waals surface area contributed by atoms with Crippen LogP contribution in [0.2, 0.25) is 0 Å². The number of alkyl halides is 2. The molecule has 22 heavy (non-hydrogen) atoms. The molecule has 0 aliphatic heterocycles. The number of rotatable bonds is 3. The lowest BCUT2D eigenvalue weighted by Gasteiger charge is -2.07. The molecule has 0 saturated carbocycles. The van der Waals surface area contributed by atoms with E-state index in [1.807, 2.05) is 20.0 Å². The molecule has 5 nitrogen and oxygen atoms in total. The van der Waals surface area contributed by atoms with Crippen molar-refractivity contribution in [1.29, 1.82) is 0 Å². The maximum Gasteiger partial charge on any atom is 0.280 e. The first-order valence-corrected chi connectivity index (χ1v) is 7.60. The second-order valence-corrected chi connectivity index (χ2v) is 5.78. The maximum atomic E-state index is 13.4.